The van der Waals surface area contributed by atoms with Crippen molar-refractivity contribution in [2.45, 2.75) is 0 Å². The summed E-state index contributed by atoms with van der Waals surface area (Å²) in [5, 5.41) is 12.3. The molecule has 10 aromatic carbocycles. The van der Waals surface area contributed by atoms with Crippen molar-refractivity contribution in [2.24, 2.45) is 0 Å². The summed E-state index contributed by atoms with van der Waals surface area (Å²) in [4.78, 5) is 2.36. The third-order valence-electron chi connectivity index (χ3n) is 11.0. The van der Waals surface area contributed by atoms with E-state index in [-0.39, 0.29) is 0 Å². The van der Waals surface area contributed by atoms with Crippen molar-refractivity contribution in [2.75, 3.05) is 4.90 Å². The first-order chi connectivity index (χ1) is 26.7. The van der Waals surface area contributed by atoms with Gasteiger partial charge in [-0.1, -0.05) is 146 Å². The van der Waals surface area contributed by atoms with Gasteiger partial charge in [-0.3, -0.25) is 0 Å². The molecule has 0 saturated carbocycles. The van der Waals surface area contributed by atoms with E-state index in [1.165, 1.54) is 65.3 Å². The SMILES string of the molecule is c1ccc(-c2cccc(N(c3ccc(-c4cccc5c4ccc4ccc6ccccc6c45)cc3)c3ccc4oc5cc6ccccc6cc5c4c3)c2)cc1. The van der Waals surface area contributed by atoms with Gasteiger partial charge in [0.1, 0.15) is 11.2 Å². The predicted molar refractivity (Wildman–Crippen MR) is 229 cm³/mol. The number of rotatable bonds is 5. The molecule has 0 amide bonds. The van der Waals surface area contributed by atoms with E-state index in [2.05, 4.69) is 205 Å². The first-order valence-electron chi connectivity index (χ1n) is 18.5. The third kappa shape index (κ3) is 4.96. The van der Waals surface area contributed by atoms with Crippen LogP contribution in [0.25, 0.3) is 87.3 Å². The predicted octanol–water partition coefficient (Wildman–Crippen LogP) is 15.0. The molecular formula is C52H33NO. The van der Waals surface area contributed by atoms with Crippen molar-refractivity contribution in [3.05, 3.63) is 200 Å². The smallest absolute Gasteiger partial charge is 0.136 e. The van der Waals surface area contributed by atoms with E-state index in [9.17, 15) is 0 Å². The second kappa shape index (κ2) is 12.2. The lowest BCUT2D eigenvalue weighted by Crippen LogP contribution is -2.10. The van der Waals surface area contributed by atoms with Gasteiger partial charge in [0.15, 0.2) is 0 Å². The lowest BCUT2D eigenvalue weighted by Gasteiger charge is -2.26. The molecule has 54 heavy (non-hydrogen) atoms. The zero-order valence-corrected chi connectivity index (χ0v) is 29.4. The van der Waals surface area contributed by atoms with Gasteiger partial charge >= 0.3 is 0 Å². The van der Waals surface area contributed by atoms with Crippen LogP contribution >= 0.6 is 0 Å². The van der Waals surface area contributed by atoms with Crippen LogP contribution in [0.4, 0.5) is 17.1 Å². The van der Waals surface area contributed by atoms with Crippen molar-refractivity contribution in [3.8, 4) is 22.3 Å². The number of benzene rings is 10. The van der Waals surface area contributed by atoms with Crippen LogP contribution in [0.5, 0.6) is 0 Å². The lowest BCUT2D eigenvalue weighted by molar-refractivity contribution is 0.669. The zero-order chi connectivity index (χ0) is 35.6. The Bertz CT molecular complexity index is 3210. The molecule has 0 atom stereocenters. The molecule has 0 spiro atoms. The maximum atomic E-state index is 6.42. The summed E-state index contributed by atoms with van der Waals surface area (Å²) in [5.74, 6) is 0. The van der Waals surface area contributed by atoms with Crippen molar-refractivity contribution in [1.29, 1.82) is 0 Å². The minimum atomic E-state index is 0.883. The average molecular weight is 688 g/mol. The molecule has 0 fully saturated rings. The van der Waals surface area contributed by atoms with Gasteiger partial charge in [-0.15, -0.1) is 0 Å². The molecule has 0 N–H and O–H groups in total. The first kappa shape index (κ1) is 30.5. The van der Waals surface area contributed by atoms with Crippen LogP contribution in [0.2, 0.25) is 0 Å². The van der Waals surface area contributed by atoms with Crippen LogP contribution in [0, 0.1) is 0 Å². The number of nitrogens with zero attached hydrogens (tertiary/aromatic N) is 1. The molecule has 2 heteroatoms. The van der Waals surface area contributed by atoms with Crippen LogP contribution in [0.1, 0.15) is 0 Å². The largest absolute Gasteiger partial charge is 0.456 e. The van der Waals surface area contributed by atoms with Gasteiger partial charge in [-0.05, 0) is 120 Å². The van der Waals surface area contributed by atoms with E-state index in [1.54, 1.807) is 0 Å². The fourth-order valence-electron chi connectivity index (χ4n) is 8.40. The van der Waals surface area contributed by atoms with Crippen LogP contribution in [-0.4, -0.2) is 0 Å². The zero-order valence-electron chi connectivity index (χ0n) is 29.4. The van der Waals surface area contributed by atoms with Crippen molar-refractivity contribution < 1.29 is 4.42 Å². The molecule has 11 rings (SSSR count). The second-order valence-electron chi connectivity index (χ2n) is 14.1. The maximum Gasteiger partial charge on any atom is 0.136 e. The minimum absolute atomic E-state index is 0.883. The maximum absolute atomic E-state index is 6.42. The summed E-state index contributed by atoms with van der Waals surface area (Å²) in [6.45, 7) is 0. The normalized spacial score (nSPS) is 11.7. The van der Waals surface area contributed by atoms with Crippen molar-refractivity contribution in [1.82, 2.24) is 0 Å². The van der Waals surface area contributed by atoms with E-state index >= 15 is 0 Å². The molecular weight excluding hydrogens is 655 g/mol. The van der Waals surface area contributed by atoms with Crippen LogP contribution in [0.3, 0.4) is 0 Å². The van der Waals surface area contributed by atoms with Gasteiger partial charge in [0.05, 0.1) is 0 Å². The molecule has 252 valence electrons. The fraction of sp³-hybridized carbons (Fsp3) is 0. The quantitative estimate of drug-likeness (QED) is 0.168. The van der Waals surface area contributed by atoms with Crippen molar-refractivity contribution in [3.63, 3.8) is 0 Å². The van der Waals surface area contributed by atoms with Crippen LogP contribution in [0.15, 0.2) is 205 Å². The lowest BCUT2D eigenvalue weighted by atomic mass is 9.92. The summed E-state index contributed by atoms with van der Waals surface area (Å²) in [5.41, 5.74) is 9.80. The molecule has 1 aromatic heterocycles. The van der Waals surface area contributed by atoms with Gasteiger partial charge in [-0.2, -0.15) is 0 Å². The topological polar surface area (TPSA) is 16.4 Å². The number of hydrogen-bond donors (Lipinski definition) is 0. The average Bonchev–Trinajstić information content (AvgIpc) is 3.59. The van der Waals surface area contributed by atoms with Crippen molar-refractivity contribution >= 4 is 82.1 Å². The highest BCUT2D eigenvalue weighted by Crippen LogP contribution is 2.42. The van der Waals surface area contributed by atoms with E-state index in [0.29, 0.717) is 0 Å². The third-order valence-corrected chi connectivity index (χ3v) is 11.0. The summed E-state index contributed by atoms with van der Waals surface area (Å²) >= 11 is 0. The number of fused-ring (bicyclic) bond motifs is 9. The van der Waals surface area contributed by atoms with E-state index in [1.807, 2.05) is 0 Å². The van der Waals surface area contributed by atoms with Gasteiger partial charge < -0.3 is 9.32 Å². The molecule has 0 bridgehead atoms. The molecule has 1 heterocycles. The summed E-state index contributed by atoms with van der Waals surface area (Å²) in [6.07, 6.45) is 0. The monoisotopic (exact) mass is 687 g/mol. The number of anilines is 3. The number of furan rings is 1. The standard InChI is InChI=1S/C52H33NO/c1-2-10-34(11-3-1)38-15-8-16-42(30-38)53(43-27-29-50-49(33-43)48-31-39-13-4-5-14-40(39)32-51(48)54-50)41-25-22-36(23-26-41)44-18-9-19-47-46(44)28-24-37-21-20-35-12-6-7-17-45(35)52(37)47/h1-33H. The van der Waals surface area contributed by atoms with Gasteiger partial charge in [0.2, 0.25) is 0 Å². The van der Waals surface area contributed by atoms with E-state index in [0.717, 1.165) is 39.0 Å². The molecule has 0 aliphatic rings. The highest BCUT2D eigenvalue weighted by Gasteiger charge is 2.18. The summed E-state index contributed by atoms with van der Waals surface area (Å²) < 4.78 is 6.42. The molecule has 0 unspecified atom stereocenters. The van der Waals surface area contributed by atoms with Crippen LogP contribution in [-0.2, 0) is 0 Å². The number of hydrogen-bond acceptors (Lipinski definition) is 2. The molecule has 0 radical (unpaired) electrons. The molecule has 0 aliphatic heterocycles. The fourth-order valence-corrected chi connectivity index (χ4v) is 8.40. The summed E-state index contributed by atoms with van der Waals surface area (Å²) in [7, 11) is 0. The first-order valence-corrected chi connectivity index (χ1v) is 18.5. The Morgan fingerprint density at radius 3 is 1.81 bits per heavy atom. The Morgan fingerprint density at radius 2 is 0.944 bits per heavy atom. The van der Waals surface area contributed by atoms with E-state index in [4.69, 9.17) is 4.42 Å². The Hall–Kier alpha value is -7.16. The molecule has 0 aliphatic carbocycles. The Labute approximate surface area is 312 Å². The van der Waals surface area contributed by atoms with E-state index < -0.39 is 0 Å². The molecule has 2 nitrogen and oxygen atoms in total. The second-order valence-corrected chi connectivity index (χ2v) is 14.1. The van der Waals surface area contributed by atoms with Gasteiger partial charge in [0, 0.05) is 27.8 Å². The Kier molecular flexibility index (Phi) is 6.90. The molecule has 11 aromatic rings. The highest BCUT2D eigenvalue weighted by molar-refractivity contribution is 6.22. The Morgan fingerprint density at radius 1 is 0.296 bits per heavy atom. The highest BCUT2D eigenvalue weighted by atomic mass is 16.3. The van der Waals surface area contributed by atoms with Crippen LogP contribution < -0.4 is 4.90 Å². The molecule has 0 saturated heterocycles. The summed E-state index contributed by atoms with van der Waals surface area (Å²) in [6, 6.07) is 72.3. The Balaban J connectivity index is 1.07. The van der Waals surface area contributed by atoms with Gasteiger partial charge in [-0.25, -0.2) is 0 Å². The minimum Gasteiger partial charge on any atom is -0.456 e. The van der Waals surface area contributed by atoms with Gasteiger partial charge in [0.25, 0.3) is 0 Å².